The van der Waals surface area contributed by atoms with Crippen LogP contribution in [0.1, 0.15) is 46.4 Å². The fourth-order valence-corrected chi connectivity index (χ4v) is 1.81. The summed E-state index contributed by atoms with van der Waals surface area (Å²) in [7, 11) is 1.16. The topological polar surface area (TPSA) is 72.8 Å². The summed E-state index contributed by atoms with van der Waals surface area (Å²) >= 11 is 0. The molecule has 0 saturated heterocycles. The summed E-state index contributed by atoms with van der Waals surface area (Å²) in [6.07, 6.45) is 3.65. The molecule has 1 rings (SSSR count). The minimum Gasteiger partial charge on any atom is -0.490 e. The van der Waals surface area contributed by atoms with E-state index in [0.29, 0.717) is 19.3 Å². The van der Waals surface area contributed by atoms with Crippen LogP contribution in [0.5, 0.6) is 5.75 Å². The molecule has 1 aromatic carbocycles. The fourth-order valence-electron chi connectivity index (χ4n) is 1.81. The molecule has 0 aliphatic rings. The van der Waals surface area contributed by atoms with E-state index in [1.807, 2.05) is 0 Å². The van der Waals surface area contributed by atoms with Crippen LogP contribution in [0.3, 0.4) is 0 Å². The van der Waals surface area contributed by atoms with E-state index in [-0.39, 0.29) is 23.5 Å². The van der Waals surface area contributed by atoms with Crippen molar-refractivity contribution in [2.24, 2.45) is 0 Å². The highest BCUT2D eigenvalue weighted by atomic mass is 19.1. The second kappa shape index (κ2) is 9.07. The maximum atomic E-state index is 13.8. The Bertz CT molecular complexity index is 487. The minimum atomic E-state index is -0.772. The molecule has 0 aliphatic carbocycles. The number of ether oxygens (including phenoxy) is 2. The number of aliphatic hydroxyl groups excluding tert-OH is 1. The Hall–Kier alpha value is -1.95. The van der Waals surface area contributed by atoms with Crippen LogP contribution in [0.15, 0.2) is 12.1 Å². The van der Waals surface area contributed by atoms with Gasteiger partial charge in [0.2, 0.25) is 0 Å². The summed E-state index contributed by atoms with van der Waals surface area (Å²) in [5, 5.41) is 8.63. The standard InChI is InChI=1S/C15H19FO5/c1-20-15(19)12-9-13(16)14(8-11(12)10-18)21-7-5-3-2-4-6-17/h8-10,17H,2-7H2,1H3. The molecule has 6 heteroatoms. The lowest BCUT2D eigenvalue weighted by molar-refractivity contribution is 0.0597. The smallest absolute Gasteiger partial charge is 0.338 e. The molecule has 0 amide bonds. The van der Waals surface area contributed by atoms with Gasteiger partial charge in [-0.15, -0.1) is 0 Å². The molecule has 5 nitrogen and oxygen atoms in total. The molecule has 0 fully saturated rings. The third-order valence-electron chi connectivity index (χ3n) is 2.95. The molecule has 0 spiro atoms. The summed E-state index contributed by atoms with van der Waals surface area (Å²) in [5.74, 6) is -1.55. The normalized spacial score (nSPS) is 10.2. The van der Waals surface area contributed by atoms with Crippen molar-refractivity contribution in [1.29, 1.82) is 0 Å². The van der Waals surface area contributed by atoms with Gasteiger partial charge in [0.05, 0.1) is 19.3 Å². The number of methoxy groups -OCH3 is 1. The van der Waals surface area contributed by atoms with E-state index in [0.717, 1.165) is 32.4 Å². The largest absolute Gasteiger partial charge is 0.490 e. The summed E-state index contributed by atoms with van der Waals surface area (Å²) in [4.78, 5) is 22.4. The lowest BCUT2D eigenvalue weighted by atomic mass is 10.1. The van der Waals surface area contributed by atoms with Gasteiger partial charge in [0, 0.05) is 12.2 Å². The molecule has 1 aromatic rings. The van der Waals surface area contributed by atoms with Gasteiger partial charge in [0.1, 0.15) is 0 Å². The Labute approximate surface area is 122 Å². The van der Waals surface area contributed by atoms with Crippen molar-refractivity contribution in [1.82, 2.24) is 0 Å². The molecule has 0 bridgehead atoms. The zero-order valence-electron chi connectivity index (χ0n) is 11.9. The van der Waals surface area contributed by atoms with Crippen molar-refractivity contribution >= 4 is 12.3 Å². The van der Waals surface area contributed by atoms with E-state index in [1.54, 1.807) is 0 Å². The van der Waals surface area contributed by atoms with E-state index < -0.39 is 11.8 Å². The highest BCUT2D eigenvalue weighted by Crippen LogP contribution is 2.22. The Kier molecular flexibility index (Phi) is 7.39. The maximum absolute atomic E-state index is 13.8. The third-order valence-corrected chi connectivity index (χ3v) is 2.95. The van der Waals surface area contributed by atoms with E-state index in [9.17, 15) is 14.0 Å². The number of hydrogen-bond acceptors (Lipinski definition) is 5. The van der Waals surface area contributed by atoms with E-state index >= 15 is 0 Å². The lowest BCUT2D eigenvalue weighted by Gasteiger charge is -2.10. The van der Waals surface area contributed by atoms with Crippen LogP contribution in [0.25, 0.3) is 0 Å². The molecule has 21 heavy (non-hydrogen) atoms. The molecule has 0 saturated carbocycles. The first-order valence-electron chi connectivity index (χ1n) is 6.74. The number of carbonyl (C=O) groups is 2. The molecule has 0 atom stereocenters. The predicted octanol–water partition coefficient (Wildman–Crippen LogP) is 2.36. The Morgan fingerprint density at radius 1 is 1.29 bits per heavy atom. The van der Waals surface area contributed by atoms with Gasteiger partial charge >= 0.3 is 5.97 Å². The number of halogens is 1. The molecule has 1 N–H and O–H groups in total. The number of aliphatic hydroxyl groups is 1. The van der Waals surface area contributed by atoms with Gasteiger partial charge < -0.3 is 14.6 Å². The molecule has 0 unspecified atom stereocenters. The molecule has 0 heterocycles. The van der Waals surface area contributed by atoms with Gasteiger partial charge in [-0.05, 0) is 31.4 Å². The number of carbonyl (C=O) groups excluding carboxylic acids is 2. The Morgan fingerprint density at radius 2 is 2.00 bits per heavy atom. The van der Waals surface area contributed by atoms with Crippen molar-refractivity contribution < 1.29 is 28.6 Å². The molecular weight excluding hydrogens is 279 g/mol. The van der Waals surface area contributed by atoms with Crippen molar-refractivity contribution in [2.75, 3.05) is 20.3 Å². The van der Waals surface area contributed by atoms with Crippen LogP contribution < -0.4 is 4.74 Å². The molecule has 116 valence electrons. The summed E-state index contributed by atoms with van der Waals surface area (Å²) in [5.41, 5.74) is -0.0983. The molecular formula is C15H19FO5. The fraction of sp³-hybridized carbons (Fsp3) is 0.467. The van der Waals surface area contributed by atoms with E-state index in [2.05, 4.69) is 4.74 Å². The monoisotopic (exact) mass is 298 g/mol. The average Bonchev–Trinajstić information content (AvgIpc) is 2.50. The van der Waals surface area contributed by atoms with Gasteiger partial charge in [0.25, 0.3) is 0 Å². The quantitative estimate of drug-likeness (QED) is 0.430. The van der Waals surface area contributed by atoms with Gasteiger partial charge in [-0.1, -0.05) is 6.42 Å². The van der Waals surface area contributed by atoms with Crippen LogP contribution in [-0.4, -0.2) is 37.7 Å². The first-order chi connectivity index (χ1) is 10.1. The maximum Gasteiger partial charge on any atom is 0.338 e. The summed E-state index contributed by atoms with van der Waals surface area (Å²) < 4.78 is 23.6. The first kappa shape index (κ1) is 17.1. The van der Waals surface area contributed by atoms with Crippen LogP contribution in [0, 0.1) is 5.82 Å². The Balaban J connectivity index is 2.67. The summed E-state index contributed by atoms with van der Waals surface area (Å²) in [6, 6.07) is 2.14. The number of hydrogen-bond donors (Lipinski definition) is 1. The number of rotatable bonds is 9. The average molecular weight is 298 g/mol. The number of aldehydes is 1. The first-order valence-corrected chi connectivity index (χ1v) is 6.74. The van der Waals surface area contributed by atoms with Crippen LogP contribution >= 0.6 is 0 Å². The SMILES string of the molecule is COC(=O)c1cc(F)c(OCCCCCCO)cc1C=O. The van der Waals surface area contributed by atoms with Crippen LogP contribution in [-0.2, 0) is 4.74 Å². The zero-order valence-corrected chi connectivity index (χ0v) is 11.9. The van der Waals surface area contributed by atoms with Crippen molar-refractivity contribution in [3.63, 3.8) is 0 Å². The molecule has 0 radical (unpaired) electrons. The lowest BCUT2D eigenvalue weighted by Crippen LogP contribution is -2.08. The van der Waals surface area contributed by atoms with Crippen LogP contribution in [0.2, 0.25) is 0 Å². The highest BCUT2D eigenvalue weighted by molar-refractivity contribution is 5.98. The second-order valence-electron chi connectivity index (χ2n) is 4.47. The van der Waals surface area contributed by atoms with E-state index in [1.165, 1.54) is 6.07 Å². The zero-order chi connectivity index (χ0) is 15.7. The number of esters is 1. The number of unbranched alkanes of at least 4 members (excludes halogenated alkanes) is 3. The molecule has 0 aromatic heterocycles. The van der Waals surface area contributed by atoms with E-state index in [4.69, 9.17) is 9.84 Å². The van der Waals surface area contributed by atoms with Crippen molar-refractivity contribution in [3.8, 4) is 5.75 Å². The van der Waals surface area contributed by atoms with Gasteiger partial charge in [-0.25, -0.2) is 9.18 Å². The second-order valence-corrected chi connectivity index (χ2v) is 4.47. The predicted molar refractivity (Wildman–Crippen MR) is 74.2 cm³/mol. The Morgan fingerprint density at radius 3 is 2.62 bits per heavy atom. The van der Waals surface area contributed by atoms with Crippen molar-refractivity contribution in [3.05, 3.63) is 29.1 Å². The highest BCUT2D eigenvalue weighted by Gasteiger charge is 2.16. The summed E-state index contributed by atoms with van der Waals surface area (Å²) in [6.45, 7) is 0.464. The van der Waals surface area contributed by atoms with Crippen molar-refractivity contribution in [2.45, 2.75) is 25.7 Å². The third kappa shape index (κ3) is 5.15. The minimum absolute atomic E-state index is 0.0264. The van der Waals surface area contributed by atoms with Gasteiger partial charge in [-0.3, -0.25) is 4.79 Å². The van der Waals surface area contributed by atoms with Crippen LogP contribution in [0.4, 0.5) is 4.39 Å². The number of benzene rings is 1. The molecule has 0 aliphatic heterocycles. The van der Waals surface area contributed by atoms with Gasteiger partial charge in [0.15, 0.2) is 17.9 Å². The van der Waals surface area contributed by atoms with Gasteiger partial charge in [-0.2, -0.15) is 0 Å².